The van der Waals surface area contributed by atoms with E-state index in [1.165, 1.54) is 11.1 Å². The van der Waals surface area contributed by atoms with Crippen LogP contribution in [0.2, 0.25) is 0 Å². The van der Waals surface area contributed by atoms with Gasteiger partial charge in [-0.25, -0.2) is 0 Å². The van der Waals surface area contributed by atoms with E-state index in [4.69, 9.17) is 0 Å². The topological polar surface area (TPSA) is 20.3 Å². The van der Waals surface area contributed by atoms with Gasteiger partial charge in [0, 0.05) is 19.5 Å². The molecule has 0 aliphatic rings. The molecule has 0 heterocycles. The van der Waals surface area contributed by atoms with E-state index >= 15 is 0 Å². The highest BCUT2D eigenvalue weighted by atomic mass is 16.2. The molecule has 0 atom stereocenters. The summed E-state index contributed by atoms with van der Waals surface area (Å²) in [6.07, 6.45) is 2.69. The first-order valence-electron chi connectivity index (χ1n) is 6.19. The molecule has 0 aromatic heterocycles. The molecule has 0 spiro atoms. The standard InChI is InChI=1S/C15H21NO/c1-4-15(17)16(5-2)12-11-13(3)14-9-7-6-8-10-14/h6-11H,4-5,12H2,1-3H3/b13-11-. The minimum atomic E-state index is 0.213. The molecule has 1 aromatic carbocycles. The molecular weight excluding hydrogens is 210 g/mol. The van der Waals surface area contributed by atoms with Crippen molar-refractivity contribution in [2.45, 2.75) is 27.2 Å². The molecule has 0 fully saturated rings. The molecule has 0 N–H and O–H groups in total. The zero-order valence-electron chi connectivity index (χ0n) is 10.9. The summed E-state index contributed by atoms with van der Waals surface area (Å²) in [6, 6.07) is 10.2. The van der Waals surface area contributed by atoms with E-state index in [2.05, 4.69) is 25.1 Å². The normalized spacial score (nSPS) is 11.4. The fourth-order valence-electron chi connectivity index (χ4n) is 1.70. The maximum Gasteiger partial charge on any atom is 0.222 e. The number of rotatable bonds is 5. The van der Waals surface area contributed by atoms with Crippen molar-refractivity contribution in [2.24, 2.45) is 0 Å². The molecule has 0 aliphatic carbocycles. The molecule has 2 nitrogen and oxygen atoms in total. The molecule has 0 bridgehead atoms. The molecule has 0 radical (unpaired) electrons. The Morgan fingerprint density at radius 1 is 1.24 bits per heavy atom. The molecule has 0 saturated carbocycles. The molecule has 17 heavy (non-hydrogen) atoms. The van der Waals surface area contributed by atoms with Gasteiger partial charge in [0.05, 0.1) is 0 Å². The maximum atomic E-state index is 11.6. The third-order valence-corrected chi connectivity index (χ3v) is 2.88. The highest BCUT2D eigenvalue weighted by Crippen LogP contribution is 2.12. The van der Waals surface area contributed by atoms with E-state index in [0.29, 0.717) is 13.0 Å². The Labute approximate surface area is 104 Å². The summed E-state index contributed by atoms with van der Waals surface area (Å²) in [5.74, 6) is 0.213. The Kier molecular flexibility index (Phi) is 5.47. The summed E-state index contributed by atoms with van der Waals surface area (Å²) in [4.78, 5) is 13.5. The van der Waals surface area contributed by atoms with Crippen LogP contribution >= 0.6 is 0 Å². The van der Waals surface area contributed by atoms with Crippen molar-refractivity contribution in [3.63, 3.8) is 0 Å². The Hall–Kier alpha value is -1.57. The van der Waals surface area contributed by atoms with Crippen molar-refractivity contribution < 1.29 is 4.79 Å². The fourth-order valence-corrected chi connectivity index (χ4v) is 1.70. The van der Waals surface area contributed by atoms with Crippen molar-refractivity contribution in [3.8, 4) is 0 Å². The number of carbonyl (C=O) groups is 1. The van der Waals surface area contributed by atoms with Crippen LogP contribution in [-0.2, 0) is 4.79 Å². The van der Waals surface area contributed by atoms with Crippen LogP contribution in [0.5, 0.6) is 0 Å². The molecule has 0 aliphatic heterocycles. The Morgan fingerprint density at radius 2 is 1.88 bits per heavy atom. The summed E-state index contributed by atoms with van der Waals surface area (Å²) >= 11 is 0. The van der Waals surface area contributed by atoms with Gasteiger partial charge in [-0.2, -0.15) is 0 Å². The van der Waals surface area contributed by atoms with Crippen LogP contribution in [-0.4, -0.2) is 23.9 Å². The third kappa shape index (κ3) is 4.06. The van der Waals surface area contributed by atoms with Gasteiger partial charge in [-0.05, 0) is 25.0 Å². The molecule has 1 rings (SSSR count). The van der Waals surface area contributed by atoms with Crippen molar-refractivity contribution >= 4 is 11.5 Å². The average molecular weight is 231 g/mol. The van der Waals surface area contributed by atoms with Gasteiger partial charge >= 0.3 is 0 Å². The lowest BCUT2D eigenvalue weighted by atomic mass is 10.1. The van der Waals surface area contributed by atoms with Gasteiger partial charge in [-0.3, -0.25) is 4.79 Å². The minimum absolute atomic E-state index is 0.213. The summed E-state index contributed by atoms with van der Waals surface area (Å²) in [6.45, 7) is 7.47. The lowest BCUT2D eigenvalue weighted by molar-refractivity contribution is -0.130. The SMILES string of the molecule is CCC(=O)N(CC)C/C=C(/C)c1ccccc1. The molecule has 0 saturated heterocycles. The minimum Gasteiger partial charge on any atom is -0.339 e. The van der Waals surface area contributed by atoms with Crippen molar-refractivity contribution in [2.75, 3.05) is 13.1 Å². The van der Waals surface area contributed by atoms with E-state index < -0.39 is 0 Å². The van der Waals surface area contributed by atoms with Gasteiger partial charge in [-0.15, -0.1) is 0 Å². The maximum absolute atomic E-state index is 11.6. The van der Waals surface area contributed by atoms with E-state index in [-0.39, 0.29) is 5.91 Å². The van der Waals surface area contributed by atoms with Crippen LogP contribution in [0.25, 0.3) is 5.57 Å². The lowest BCUT2D eigenvalue weighted by Crippen LogP contribution is -2.30. The number of hydrogen-bond acceptors (Lipinski definition) is 1. The largest absolute Gasteiger partial charge is 0.339 e. The average Bonchev–Trinajstić information content (AvgIpc) is 2.39. The number of benzene rings is 1. The molecule has 2 heteroatoms. The Balaban J connectivity index is 2.67. The van der Waals surface area contributed by atoms with Crippen molar-refractivity contribution in [3.05, 3.63) is 42.0 Å². The number of likely N-dealkylation sites (N-methyl/N-ethyl adjacent to an activating group) is 1. The highest BCUT2D eigenvalue weighted by Gasteiger charge is 2.06. The van der Waals surface area contributed by atoms with E-state index in [1.54, 1.807) is 0 Å². The number of hydrogen-bond donors (Lipinski definition) is 0. The van der Waals surface area contributed by atoms with Crippen LogP contribution in [0.15, 0.2) is 36.4 Å². The van der Waals surface area contributed by atoms with E-state index in [9.17, 15) is 4.79 Å². The quantitative estimate of drug-likeness (QED) is 0.761. The number of nitrogens with zero attached hydrogens (tertiary/aromatic N) is 1. The number of amides is 1. The molecule has 0 unspecified atom stereocenters. The summed E-state index contributed by atoms with van der Waals surface area (Å²) in [5, 5.41) is 0. The number of allylic oxidation sites excluding steroid dienone is 1. The van der Waals surface area contributed by atoms with Crippen LogP contribution < -0.4 is 0 Å². The predicted molar refractivity (Wildman–Crippen MR) is 72.6 cm³/mol. The van der Waals surface area contributed by atoms with Gasteiger partial charge in [0.1, 0.15) is 0 Å². The van der Waals surface area contributed by atoms with Crippen LogP contribution in [0.3, 0.4) is 0 Å². The lowest BCUT2D eigenvalue weighted by Gasteiger charge is -2.18. The van der Waals surface area contributed by atoms with E-state index in [1.807, 2.05) is 36.9 Å². The first-order valence-corrected chi connectivity index (χ1v) is 6.19. The Bertz CT molecular complexity index is 381. The zero-order valence-corrected chi connectivity index (χ0v) is 10.9. The predicted octanol–water partition coefficient (Wildman–Crippen LogP) is 3.35. The van der Waals surface area contributed by atoms with Crippen LogP contribution in [0.4, 0.5) is 0 Å². The Morgan fingerprint density at radius 3 is 2.41 bits per heavy atom. The monoisotopic (exact) mass is 231 g/mol. The second kappa shape index (κ2) is 6.89. The van der Waals surface area contributed by atoms with Gasteiger partial charge in [0.2, 0.25) is 5.91 Å². The van der Waals surface area contributed by atoms with Crippen LogP contribution in [0, 0.1) is 0 Å². The first kappa shape index (κ1) is 13.5. The van der Waals surface area contributed by atoms with Crippen molar-refractivity contribution in [1.82, 2.24) is 4.90 Å². The van der Waals surface area contributed by atoms with E-state index in [0.717, 1.165) is 6.54 Å². The van der Waals surface area contributed by atoms with Gasteiger partial charge < -0.3 is 4.90 Å². The fraction of sp³-hybridized carbons (Fsp3) is 0.400. The summed E-state index contributed by atoms with van der Waals surface area (Å²) < 4.78 is 0. The second-order valence-corrected chi connectivity index (χ2v) is 4.04. The van der Waals surface area contributed by atoms with Crippen molar-refractivity contribution in [1.29, 1.82) is 0 Å². The zero-order chi connectivity index (χ0) is 12.7. The van der Waals surface area contributed by atoms with Crippen LogP contribution in [0.1, 0.15) is 32.8 Å². The molecule has 1 aromatic rings. The van der Waals surface area contributed by atoms with Gasteiger partial charge in [0.25, 0.3) is 0 Å². The second-order valence-electron chi connectivity index (χ2n) is 4.04. The smallest absolute Gasteiger partial charge is 0.222 e. The number of carbonyl (C=O) groups excluding carboxylic acids is 1. The molecular formula is C15H21NO. The van der Waals surface area contributed by atoms with Gasteiger partial charge in [-0.1, -0.05) is 43.3 Å². The summed E-state index contributed by atoms with van der Waals surface area (Å²) in [7, 11) is 0. The summed E-state index contributed by atoms with van der Waals surface area (Å²) in [5.41, 5.74) is 2.43. The highest BCUT2D eigenvalue weighted by molar-refractivity contribution is 5.76. The third-order valence-electron chi connectivity index (χ3n) is 2.88. The molecule has 92 valence electrons. The van der Waals surface area contributed by atoms with Gasteiger partial charge in [0.15, 0.2) is 0 Å². The first-order chi connectivity index (χ1) is 8.19. The molecule has 1 amide bonds.